The molecule has 7 nitrogen and oxygen atoms in total. The first-order valence-electron chi connectivity index (χ1n) is 10.4. The third-order valence-corrected chi connectivity index (χ3v) is 5.25. The molecule has 0 aliphatic rings. The number of nitrogens with one attached hydrogen (secondary N) is 2. The third-order valence-electron chi connectivity index (χ3n) is 5.25. The van der Waals surface area contributed by atoms with Gasteiger partial charge in [0.15, 0.2) is 11.6 Å². The molecule has 4 N–H and O–H groups in total. The smallest absolute Gasteiger partial charge is 0.412 e. The van der Waals surface area contributed by atoms with E-state index in [-0.39, 0.29) is 5.92 Å². The lowest BCUT2D eigenvalue weighted by molar-refractivity contribution is -0.124. The summed E-state index contributed by atoms with van der Waals surface area (Å²) >= 11 is 0. The Labute approximate surface area is 190 Å². The first-order chi connectivity index (χ1) is 15.9. The van der Waals surface area contributed by atoms with Crippen molar-refractivity contribution in [1.82, 2.24) is 5.48 Å². The molecule has 3 aromatic carbocycles. The lowest BCUT2D eigenvalue weighted by Gasteiger charge is -2.25. The Morgan fingerprint density at radius 2 is 1.88 bits per heavy atom. The maximum atomic E-state index is 14.0. The molecule has 33 heavy (non-hydrogen) atoms. The fourth-order valence-electron chi connectivity index (χ4n) is 3.54. The number of halogens is 1. The van der Waals surface area contributed by atoms with Gasteiger partial charge < -0.3 is 9.84 Å². The molecular weight excluding hydrogens is 427 g/mol. The van der Waals surface area contributed by atoms with Crippen LogP contribution in [0.5, 0.6) is 5.75 Å². The SMILES string of the molecule is C[C@H](CC/C=C/C(=O)NO)[C@H](OC(=O)Nc1cccc2ccccc12)c1ccc(O)c(F)c1. The number of carbonyl (C=O) groups is 2. The Hall–Kier alpha value is -3.91. The first kappa shape index (κ1) is 23.7. The third kappa shape index (κ3) is 6.30. The summed E-state index contributed by atoms with van der Waals surface area (Å²) in [7, 11) is 0. The summed E-state index contributed by atoms with van der Waals surface area (Å²) in [5, 5.41) is 22.6. The van der Waals surface area contributed by atoms with Gasteiger partial charge in [-0.05, 0) is 47.9 Å². The van der Waals surface area contributed by atoms with Gasteiger partial charge in [0.25, 0.3) is 5.91 Å². The van der Waals surface area contributed by atoms with E-state index in [0.717, 1.165) is 16.8 Å². The molecule has 0 aliphatic carbocycles. The van der Waals surface area contributed by atoms with E-state index in [4.69, 9.17) is 9.94 Å². The highest BCUT2D eigenvalue weighted by molar-refractivity contribution is 6.00. The number of hydrogen-bond donors (Lipinski definition) is 4. The molecule has 0 unspecified atom stereocenters. The maximum absolute atomic E-state index is 14.0. The van der Waals surface area contributed by atoms with Crippen molar-refractivity contribution in [1.29, 1.82) is 0 Å². The minimum absolute atomic E-state index is 0.256. The minimum atomic E-state index is -0.817. The van der Waals surface area contributed by atoms with Gasteiger partial charge in [-0.2, -0.15) is 0 Å². The van der Waals surface area contributed by atoms with E-state index < -0.39 is 29.7 Å². The van der Waals surface area contributed by atoms with E-state index in [1.807, 2.05) is 43.3 Å². The molecule has 3 rings (SSSR count). The molecule has 0 saturated heterocycles. The number of amides is 2. The van der Waals surface area contributed by atoms with Crippen LogP contribution in [-0.2, 0) is 9.53 Å². The molecule has 0 bridgehead atoms. The maximum Gasteiger partial charge on any atom is 0.412 e. The van der Waals surface area contributed by atoms with Crippen LogP contribution in [0.25, 0.3) is 10.8 Å². The van der Waals surface area contributed by atoms with E-state index in [1.54, 1.807) is 12.1 Å². The topological polar surface area (TPSA) is 108 Å². The summed E-state index contributed by atoms with van der Waals surface area (Å²) in [5.41, 5.74) is 2.48. The van der Waals surface area contributed by atoms with Gasteiger partial charge in [0, 0.05) is 11.5 Å². The standard InChI is InChI=1S/C25H25FN2O5/c1-16(7-2-5-12-23(30)28-32)24(18-13-14-22(29)20(26)15-18)33-25(31)27-21-11-6-9-17-8-3-4-10-19(17)21/h3-6,8-16,24,29,32H,2,7H2,1H3,(H,27,31)(H,28,30)/b12-5+/t16-,24+/m1/s1. The Kier molecular flexibility index (Phi) is 7.99. The van der Waals surface area contributed by atoms with Gasteiger partial charge in [0.1, 0.15) is 6.10 Å². The number of phenolic OH excluding ortho intramolecular Hbond substituents is 1. The van der Waals surface area contributed by atoms with Crippen molar-refractivity contribution in [3.63, 3.8) is 0 Å². The summed E-state index contributed by atoms with van der Waals surface area (Å²) < 4.78 is 19.7. The lowest BCUT2D eigenvalue weighted by Crippen LogP contribution is -2.22. The van der Waals surface area contributed by atoms with Gasteiger partial charge >= 0.3 is 6.09 Å². The monoisotopic (exact) mass is 452 g/mol. The molecule has 0 aliphatic heterocycles. The van der Waals surface area contributed by atoms with Crippen LogP contribution in [0, 0.1) is 11.7 Å². The number of hydroxylamine groups is 1. The molecule has 3 aromatic rings. The summed E-state index contributed by atoms with van der Waals surface area (Å²) in [6.07, 6.45) is 2.22. The predicted molar refractivity (Wildman–Crippen MR) is 122 cm³/mol. The van der Waals surface area contributed by atoms with E-state index >= 15 is 0 Å². The Balaban J connectivity index is 1.78. The van der Waals surface area contributed by atoms with E-state index in [9.17, 15) is 19.1 Å². The fourth-order valence-corrected chi connectivity index (χ4v) is 3.54. The van der Waals surface area contributed by atoms with Crippen LogP contribution >= 0.6 is 0 Å². The number of aromatic hydroxyl groups is 1. The molecule has 172 valence electrons. The molecule has 0 fully saturated rings. The molecule has 0 heterocycles. The van der Waals surface area contributed by atoms with E-state index in [2.05, 4.69) is 5.32 Å². The van der Waals surface area contributed by atoms with Crippen LogP contribution in [0.2, 0.25) is 0 Å². The van der Waals surface area contributed by atoms with Crippen LogP contribution < -0.4 is 10.8 Å². The normalized spacial score (nSPS) is 12.9. The number of benzene rings is 3. The largest absolute Gasteiger partial charge is 0.505 e. The zero-order chi connectivity index (χ0) is 23.8. The van der Waals surface area contributed by atoms with E-state index in [1.165, 1.54) is 23.7 Å². The summed E-state index contributed by atoms with van der Waals surface area (Å²) in [4.78, 5) is 23.9. The van der Waals surface area contributed by atoms with Crippen molar-refractivity contribution in [2.24, 2.45) is 5.92 Å². The second-order valence-corrected chi connectivity index (χ2v) is 7.62. The minimum Gasteiger partial charge on any atom is -0.505 e. The highest BCUT2D eigenvalue weighted by Crippen LogP contribution is 2.32. The van der Waals surface area contributed by atoms with Crippen molar-refractivity contribution >= 4 is 28.5 Å². The Morgan fingerprint density at radius 1 is 1.12 bits per heavy atom. The Bertz CT molecular complexity index is 1160. The summed E-state index contributed by atoms with van der Waals surface area (Å²) in [5.74, 6) is -2.22. The quantitative estimate of drug-likeness (QED) is 0.206. The average molecular weight is 452 g/mol. The number of carbonyl (C=O) groups excluding carboxylic acids is 2. The second-order valence-electron chi connectivity index (χ2n) is 7.62. The van der Waals surface area contributed by atoms with Gasteiger partial charge in [-0.15, -0.1) is 0 Å². The molecule has 0 radical (unpaired) electrons. The summed E-state index contributed by atoms with van der Waals surface area (Å²) in [6.45, 7) is 1.83. The van der Waals surface area contributed by atoms with Gasteiger partial charge in [0.05, 0.1) is 5.69 Å². The number of anilines is 1. The number of hydrogen-bond acceptors (Lipinski definition) is 5. The average Bonchev–Trinajstić information content (AvgIpc) is 2.82. The van der Waals surface area contributed by atoms with Crippen LogP contribution in [0.3, 0.4) is 0 Å². The number of phenols is 1. The number of fused-ring (bicyclic) bond motifs is 1. The fraction of sp³-hybridized carbons (Fsp3) is 0.200. The molecule has 0 aromatic heterocycles. The molecule has 0 saturated carbocycles. The predicted octanol–water partition coefficient (Wildman–Crippen LogP) is 5.45. The van der Waals surface area contributed by atoms with Gasteiger partial charge in [-0.3, -0.25) is 15.3 Å². The zero-order valence-electron chi connectivity index (χ0n) is 18.0. The molecule has 0 spiro atoms. The van der Waals surface area contributed by atoms with Crippen molar-refractivity contribution in [2.45, 2.75) is 25.9 Å². The summed E-state index contributed by atoms with van der Waals surface area (Å²) in [6, 6.07) is 16.9. The lowest BCUT2D eigenvalue weighted by atomic mass is 9.93. The van der Waals surface area contributed by atoms with Crippen LogP contribution in [-0.4, -0.2) is 22.3 Å². The number of allylic oxidation sites excluding steroid dienone is 1. The highest BCUT2D eigenvalue weighted by Gasteiger charge is 2.25. The second kappa shape index (κ2) is 11.1. The number of rotatable bonds is 8. The highest BCUT2D eigenvalue weighted by atomic mass is 19.1. The first-order valence-corrected chi connectivity index (χ1v) is 10.4. The number of ether oxygens (including phenoxy) is 1. The molecular formula is C25H25FN2O5. The van der Waals surface area contributed by atoms with E-state index in [0.29, 0.717) is 24.1 Å². The van der Waals surface area contributed by atoms with Gasteiger partial charge in [-0.1, -0.05) is 55.5 Å². The molecule has 2 atom stereocenters. The Morgan fingerprint density at radius 3 is 2.64 bits per heavy atom. The van der Waals surface area contributed by atoms with Crippen LogP contribution in [0.4, 0.5) is 14.9 Å². The van der Waals surface area contributed by atoms with Crippen LogP contribution in [0.15, 0.2) is 72.8 Å². The van der Waals surface area contributed by atoms with Crippen molar-refractivity contribution in [2.75, 3.05) is 5.32 Å². The van der Waals surface area contributed by atoms with Crippen molar-refractivity contribution < 1.29 is 29.0 Å². The zero-order valence-corrected chi connectivity index (χ0v) is 18.0. The van der Waals surface area contributed by atoms with Crippen molar-refractivity contribution in [3.8, 4) is 5.75 Å². The van der Waals surface area contributed by atoms with Gasteiger partial charge in [-0.25, -0.2) is 14.7 Å². The molecule has 2 amide bonds. The van der Waals surface area contributed by atoms with Gasteiger partial charge in [0.2, 0.25) is 0 Å². The van der Waals surface area contributed by atoms with Crippen LogP contribution in [0.1, 0.15) is 31.4 Å². The van der Waals surface area contributed by atoms with Crippen molar-refractivity contribution in [3.05, 3.63) is 84.2 Å². The molecule has 8 heteroatoms.